The van der Waals surface area contributed by atoms with Crippen LogP contribution in [-0.2, 0) is 57.3 Å². The van der Waals surface area contributed by atoms with E-state index in [0.717, 1.165) is 126 Å². The second-order valence-electron chi connectivity index (χ2n) is 26.6. The zero-order valence-electron chi connectivity index (χ0n) is 64.2. The molecular formula is C84H140N4O12S2. The van der Waals surface area contributed by atoms with E-state index in [1.54, 1.807) is 0 Å². The molecule has 1 heterocycles. The van der Waals surface area contributed by atoms with Crippen molar-refractivity contribution in [3.8, 4) is 0 Å². The Morgan fingerprint density at radius 1 is 0.324 bits per heavy atom. The lowest BCUT2D eigenvalue weighted by atomic mass is 10.0. The molecule has 1 fully saturated rings. The van der Waals surface area contributed by atoms with Gasteiger partial charge < -0.3 is 39.4 Å². The summed E-state index contributed by atoms with van der Waals surface area (Å²) < 4.78 is 22.1. The minimum absolute atomic E-state index is 0.0312. The Hall–Kier alpha value is -5.30. The smallest absolute Gasteiger partial charge is 0.307 e. The first-order valence-electron chi connectivity index (χ1n) is 40.1. The molecule has 2 atom stereocenters. The van der Waals surface area contributed by atoms with Crippen LogP contribution in [-0.4, -0.2) is 145 Å². The van der Waals surface area contributed by atoms with E-state index in [9.17, 15) is 38.4 Å². The molecule has 1 saturated heterocycles. The minimum atomic E-state index is -0.909. The number of amides is 2. The van der Waals surface area contributed by atoms with Crippen molar-refractivity contribution in [3.63, 3.8) is 0 Å². The third kappa shape index (κ3) is 63.2. The summed E-state index contributed by atoms with van der Waals surface area (Å²) in [6.07, 6.45) is 73.2. The van der Waals surface area contributed by atoms with E-state index in [4.69, 9.17) is 18.9 Å². The van der Waals surface area contributed by atoms with Crippen molar-refractivity contribution in [1.29, 1.82) is 0 Å². The summed E-state index contributed by atoms with van der Waals surface area (Å²) in [5, 5.41) is 5.18. The predicted molar refractivity (Wildman–Crippen MR) is 425 cm³/mol. The fourth-order valence-electron chi connectivity index (χ4n) is 11.1. The highest BCUT2D eigenvalue weighted by Crippen LogP contribution is 2.18. The van der Waals surface area contributed by atoms with Gasteiger partial charge in [0.2, 0.25) is 11.8 Å². The van der Waals surface area contributed by atoms with Crippen LogP contribution in [0.2, 0.25) is 0 Å². The van der Waals surface area contributed by atoms with Crippen LogP contribution in [0.5, 0.6) is 0 Å². The lowest BCUT2D eigenvalue weighted by Crippen LogP contribution is -2.61. The van der Waals surface area contributed by atoms with E-state index in [0.29, 0.717) is 64.0 Å². The molecule has 0 aromatic carbocycles. The van der Waals surface area contributed by atoms with Crippen LogP contribution in [0.4, 0.5) is 0 Å². The Bertz CT molecular complexity index is 2240. The molecule has 2 unspecified atom stereocenters. The lowest BCUT2D eigenvalue weighted by Gasteiger charge is -2.29. The maximum Gasteiger partial charge on any atom is 0.307 e. The quantitative estimate of drug-likeness (QED) is 0.0251. The zero-order chi connectivity index (χ0) is 74.1. The van der Waals surface area contributed by atoms with Gasteiger partial charge in [0.1, 0.15) is 25.3 Å². The van der Waals surface area contributed by atoms with Crippen LogP contribution in [0.1, 0.15) is 297 Å². The number of allylic oxidation sites excluding steroid dienone is 14. The maximum absolute atomic E-state index is 13.2. The Morgan fingerprint density at radius 2 is 0.588 bits per heavy atom. The van der Waals surface area contributed by atoms with Crippen molar-refractivity contribution < 1.29 is 57.3 Å². The SMILES string of the molecule is CCCCC/C=C\C/C=C\CCCCCCCCOC(=O)CCN(CCSC(=O)CCC1NC(=O)C(CCC(=O)SCCN(CCC(=O)OC/C=C\C/C=C\CCCCC)CCC(=O)OCCCCCCCC/C=C\C/C=C\CCCCC)NC1=O)CCC(=O)OC/C=C\C/C=C\CCCCC. The van der Waals surface area contributed by atoms with Gasteiger partial charge >= 0.3 is 23.9 Å². The predicted octanol–water partition coefficient (Wildman–Crippen LogP) is 19.2. The highest BCUT2D eigenvalue weighted by Gasteiger charge is 2.34. The molecule has 0 aliphatic carbocycles. The number of nitrogens with zero attached hydrogens (tertiary/aromatic N) is 2. The number of rotatable bonds is 70. The van der Waals surface area contributed by atoms with Crippen LogP contribution in [0, 0.1) is 0 Å². The molecule has 1 aliphatic rings. The van der Waals surface area contributed by atoms with Gasteiger partial charge in [-0.05, 0) is 128 Å². The van der Waals surface area contributed by atoms with Gasteiger partial charge in [-0.2, -0.15) is 0 Å². The molecule has 0 aromatic rings. The Morgan fingerprint density at radius 3 is 0.892 bits per heavy atom. The second kappa shape index (κ2) is 72.6. The van der Waals surface area contributed by atoms with Crippen molar-refractivity contribution in [3.05, 3.63) is 97.2 Å². The van der Waals surface area contributed by atoms with Crippen LogP contribution in [0.15, 0.2) is 97.2 Å². The van der Waals surface area contributed by atoms with Gasteiger partial charge in [0.25, 0.3) is 0 Å². The van der Waals surface area contributed by atoms with Gasteiger partial charge in [0.15, 0.2) is 10.2 Å². The van der Waals surface area contributed by atoms with Gasteiger partial charge in [-0.15, -0.1) is 0 Å². The van der Waals surface area contributed by atoms with E-state index < -0.39 is 23.9 Å². The molecule has 16 nitrogen and oxygen atoms in total. The number of carbonyl (C=O) groups excluding carboxylic acids is 8. The Labute approximate surface area is 627 Å². The summed E-state index contributed by atoms with van der Waals surface area (Å²) in [5.74, 6) is -1.39. The van der Waals surface area contributed by atoms with Crippen molar-refractivity contribution >= 4 is 69.4 Å². The van der Waals surface area contributed by atoms with E-state index in [-0.39, 0.29) is 98.7 Å². The largest absolute Gasteiger partial charge is 0.466 e. The van der Waals surface area contributed by atoms with Crippen LogP contribution in [0.25, 0.3) is 0 Å². The monoisotopic (exact) mass is 1460 g/mol. The number of esters is 4. The first-order valence-corrected chi connectivity index (χ1v) is 42.1. The molecule has 0 bridgehead atoms. The van der Waals surface area contributed by atoms with Crippen molar-refractivity contribution in [2.24, 2.45) is 0 Å². The highest BCUT2D eigenvalue weighted by molar-refractivity contribution is 8.13. The van der Waals surface area contributed by atoms with Crippen LogP contribution >= 0.6 is 23.5 Å². The average Bonchev–Trinajstić information content (AvgIpc) is 0.845. The standard InChI is InChI=1S/C84H140N4O12S2/c1-5-9-13-17-21-25-27-29-31-33-35-37-41-45-49-53-71-99-79(91)61-65-87(63-59-77(89)97-69-51-47-43-39-23-19-15-11-7-3)67-73-101-81(93)57-55-75-83(95)86-76(84(96)85-75)56-58-82(94)102-74-68-88(64-60-78(90)98-70-52-48-44-40-24-20-16-12-8-4)66-62-80(92)100-72-54-50-46-42-38-36-34-32-30-28-26-22-18-14-10-6-2/h21-26,29-32,39-40,47-48,51-52,75-76H,5-20,27-28,33-38,41-46,49-50,53-74H2,1-4H3,(H,85,96)(H,86,95)/b25-21-,26-22-,31-29-,32-30-,39-23-,40-24-,51-47-,52-48-. The fraction of sp³-hybridized carbons (Fsp3) is 0.714. The molecule has 1 rings (SSSR count). The molecule has 2 N–H and O–H groups in total. The molecule has 0 saturated carbocycles. The molecule has 18 heteroatoms. The minimum Gasteiger partial charge on any atom is -0.466 e. The average molecular weight is 1460 g/mol. The van der Waals surface area contributed by atoms with E-state index in [1.165, 1.54) is 116 Å². The fourth-order valence-corrected chi connectivity index (χ4v) is 12.7. The van der Waals surface area contributed by atoms with Gasteiger partial charge in [-0.25, -0.2) is 0 Å². The number of hydrogen-bond donors (Lipinski definition) is 2. The van der Waals surface area contributed by atoms with Gasteiger partial charge in [0.05, 0.1) is 38.9 Å². The first kappa shape index (κ1) is 94.7. The number of unbranched alkanes of at least 4 members (excludes halogenated alkanes) is 24. The first-order chi connectivity index (χ1) is 49.9. The van der Waals surface area contributed by atoms with Crippen LogP contribution in [0.3, 0.4) is 0 Å². The van der Waals surface area contributed by atoms with E-state index >= 15 is 0 Å². The summed E-state index contributed by atoms with van der Waals surface area (Å²) in [6.45, 7) is 12.1. The van der Waals surface area contributed by atoms with Gasteiger partial charge in [0, 0.05) is 63.6 Å². The molecule has 0 aromatic heterocycles. The number of piperazine rings is 1. The number of ether oxygens (including phenoxy) is 4. The molecule has 580 valence electrons. The summed E-state index contributed by atoms with van der Waals surface area (Å²) in [6, 6.07) is -1.82. The molecule has 1 aliphatic heterocycles. The van der Waals surface area contributed by atoms with Gasteiger partial charge in [-0.3, -0.25) is 38.4 Å². The van der Waals surface area contributed by atoms with E-state index in [1.807, 2.05) is 34.1 Å². The van der Waals surface area contributed by atoms with E-state index in [2.05, 4.69) is 111 Å². The van der Waals surface area contributed by atoms with Crippen molar-refractivity contribution in [1.82, 2.24) is 20.4 Å². The maximum atomic E-state index is 13.2. The number of carbonyl (C=O) groups is 8. The number of hydrogen-bond acceptors (Lipinski definition) is 16. The molecular weight excluding hydrogens is 1320 g/mol. The molecule has 2 amide bonds. The summed E-state index contributed by atoms with van der Waals surface area (Å²) in [7, 11) is 0. The molecule has 102 heavy (non-hydrogen) atoms. The Balaban J connectivity index is 2.63. The summed E-state index contributed by atoms with van der Waals surface area (Å²) in [5.41, 5.74) is 0. The summed E-state index contributed by atoms with van der Waals surface area (Å²) >= 11 is 2.20. The lowest BCUT2D eigenvalue weighted by molar-refractivity contribution is -0.145. The molecule has 0 radical (unpaired) electrons. The third-order valence-electron chi connectivity index (χ3n) is 17.5. The number of thioether (sulfide) groups is 2. The Kier molecular flexibility index (Phi) is 67.4. The molecule has 0 spiro atoms. The van der Waals surface area contributed by atoms with Gasteiger partial charge in [-0.1, -0.05) is 251 Å². The summed E-state index contributed by atoms with van der Waals surface area (Å²) in [4.78, 5) is 108. The highest BCUT2D eigenvalue weighted by atomic mass is 32.2. The van der Waals surface area contributed by atoms with Crippen molar-refractivity contribution in [2.75, 3.05) is 77.2 Å². The normalized spacial score (nSPS) is 14.4. The van der Waals surface area contributed by atoms with Crippen LogP contribution < -0.4 is 10.6 Å². The topological polar surface area (TPSA) is 204 Å². The third-order valence-corrected chi connectivity index (χ3v) is 19.3. The zero-order valence-corrected chi connectivity index (χ0v) is 65.8. The number of nitrogens with one attached hydrogen (secondary N) is 2. The second-order valence-corrected chi connectivity index (χ2v) is 29.0. The van der Waals surface area contributed by atoms with Crippen molar-refractivity contribution in [2.45, 2.75) is 309 Å².